The summed E-state index contributed by atoms with van der Waals surface area (Å²) in [5, 5.41) is 6.43. The second-order valence-corrected chi connectivity index (χ2v) is 8.24. The largest absolute Gasteiger partial charge is 0.290 e. The van der Waals surface area contributed by atoms with Crippen LogP contribution >= 0.6 is 22.7 Å². The maximum absolute atomic E-state index is 12.8. The summed E-state index contributed by atoms with van der Waals surface area (Å²) >= 11 is 3.33. The lowest BCUT2D eigenvalue weighted by molar-refractivity contribution is -0.138. The van der Waals surface area contributed by atoms with Crippen molar-refractivity contribution in [2.75, 3.05) is 0 Å². The van der Waals surface area contributed by atoms with Crippen molar-refractivity contribution in [2.45, 2.75) is 11.8 Å². The molecular weight excluding hydrogens is 336 g/mol. The highest BCUT2D eigenvalue weighted by molar-refractivity contribution is 7.17. The summed E-state index contributed by atoms with van der Waals surface area (Å²) in [6, 6.07) is 12.4. The predicted molar refractivity (Wildman–Crippen MR) is 97.4 cm³/mol. The number of benzene rings is 2. The topological polar surface area (TPSA) is 34.1 Å². The third-order valence-electron chi connectivity index (χ3n) is 5.35. The molecule has 4 heteroatoms. The number of thiophene rings is 2. The second kappa shape index (κ2) is 4.21. The van der Waals surface area contributed by atoms with E-state index in [2.05, 4.69) is 47.2 Å². The first kappa shape index (κ1) is 13.0. The molecule has 3 aliphatic carbocycles. The summed E-state index contributed by atoms with van der Waals surface area (Å²) in [6.07, 6.45) is 0. The number of rotatable bonds is 0. The zero-order valence-corrected chi connectivity index (χ0v) is 14.0. The lowest BCUT2D eigenvalue weighted by Gasteiger charge is -2.38. The fourth-order valence-corrected chi connectivity index (χ4v) is 6.35. The summed E-state index contributed by atoms with van der Waals surface area (Å²) in [7, 11) is 0. The Bertz CT molecular complexity index is 1120. The van der Waals surface area contributed by atoms with Crippen molar-refractivity contribution in [2.24, 2.45) is 0 Å². The van der Waals surface area contributed by atoms with Crippen LogP contribution in [0.3, 0.4) is 0 Å². The maximum atomic E-state index is 12.8. The molecule has 0 spiro atoms. The van der Waals surface area contributed by atoms with Gasteiger partial charge in [0.2, 0.25) is 11.6 Å². The quantitative estimate of drug-likeness (QED) is 0.427. The third-order valence-corrected chi connectivity index (χ3v) is 7.28. The smallest absolute Gasteiger partial charge is 0.211 e. The molecule has 2 aromatic carbocycles. The average Bonchev–Trinajstić information content (AvgIpc) is 3.25. The van der Waals surface area contributed by atoms with E-state index in [4.69, 9.17) is 0 Å². The van der Waals surface area contributed by atoms with E-state index in [1.807, 2.05) is 0 Å². The molecule has 24 heavy (non-hydrogen) atoms. The molecule has 2 heterocycles. The number of hydrogen-bond donors (Lipinski definition) is 0. The number of ketones is 2. The lowest BCUT2D eigenvalue weighted by atomic mass is 9.62. The van der Waals surface area contributed by atoms with Gasteiger partial charge in [0.15, 0.2) is 0 Å². The van der Waals surface area contributed by atoms with Crippen LogP contribution in [-0.4, -0.2) is 11.6 Å². The van der Waals surface area contributed by atoms with E-state index in [1.165, 1.54) is 0 Å². The molecule has 4 aromatic rings. The molecule has 0 aliphatic heterocycles. The minimum atomic E-state index is -0.429. The highest BCUT2D eigenvalue weighted by Crippen LogP contribution is 2.54. The van der Waals surface area contributed by atoms with E-state index >= 15 is 0 Å². The molecule has 3 aliphatic rings. The molecule has 0 N–H and O–H groups in total. The van der Waals surface area contributed by atoms with Gasteiger partial charge in [-0.2, -0.15) is 0 Å². The zero-order chi connectivity index (χ0) is 16.0. The average molecular weight is 346 g/mol. The highest BCUT2D eigenvalue weighted by Gasteiger charge is 2.50. The van der Waals surface area contributed by atoms with Crippen molar-refractivity contribution in [3.63, 3.8) is 0 Å². The SMILES string of the molecule is O=C1C(=O)C2c3ccc4ccsc4c3C1c1ccc3ccsc3c12. The normalized spacial score (nSPS) is 21.5. The molecule has 0 fully saturated rings. The lowest BCUT2D eigenvalue weighted by Crippen LogP contribution is -2.40. The summed E-state index contributed by atoms with van der Waals surface area (Å²) in [5.41, 5.74) is 4.21. The van der Waals surface area contributed by atoms with Crippen LogP contribution in [0.15, 0.2) is 47.2 Å². The molecule has 0 saturated carbocycles. The summed E-state index contributed by atoms with van der Waals surface area (Å²) in [4.78, 5) is 25.6. The zero-order valence-electron chi connectivity index (χ0n) is 12.4. The van der Waals surface area contributed by atoms with Crippen molar-refractivity contribution < 1.29 is 9.59 Å². The van der Waals surface area contributed by atoms with Crippen molar-refractivity contribution >= 4 is 54.4 Å². The van der Waals surface area contributed by atoms with E-state index in [9.17, 15) is 9.59 Å². The van der Waals surface area contributed by atoms with Gasteiger partial charge in [-0.25, -0.2) is 0 Å². The molecule has 0 amide bonds. The van der Waals surface area contributed by atoms with Crippen LogP contribution in [0.2, 0.25) is 0 Å². The van der Waals surface area contributed by atoms with E-state index in [1.54, 1.807) is 22.7 Å². The number of hydrogen-bond acceptors (Lipinski definition) is 4. The molecule has 2 aromatic heterocycles. The minimum absolute atomic E-state index is 0.239. The van der Waals surface area contributed by atoms with Crippen LogP contribution in [0.5, 0.6) is 0 Å². The number of fused-ring (bicyclic) bond motifs is 3. The Labute approximate surface area is 145 Å². The van der Waals surface area contributed by atoms with Crippen molar-refractivity contribution in [1.82, 2.24) is 0 Å². The Kier molecular flexibility index (Phi) is 2.29. The van der Waals surface area contributed by atoms with Crippen LogP contribution in [0.1, 0.15) is 34.1 Å². The number of Topliss-reactive ketones (excluding diaryl/α,β-unsaturated/α-hetero) is 2. The van der Waals surface area contributed by atoms with Crippen LogP contribution in [0.25, 0.3) is 20.2 Å². The molecule has 7 rings (SSSR count). The molecular formula is C20H10O2S2. The van der Waals surface area contributed by atoms with Gasteiger partial charge in [-0.15, -0.1) is 22.7 Å². The van der Waals surface area contributed by atoms with Gasteiger partial charge in [-0.3, -0.25) is 9.59 Å². The fraction of sp³-hybridized carbons (Fsp3) is 0.100. The monoisotopic (exact) mass is 346 g/mol. The first-order valence-corrected chi connectivity index (χ1v) is 9.59. The van der Waals surface area contributed by atoms with Crippen LogP contribution in [0.4, 0.5) is 0 Å². The summed E-state index contributed by atoms with van der Waals surface area (Å²) in [6.45, 7) is 0. The molecule has 2 unspecified atom stereocenters. The number of carbonyl (C=O) groups excluding carboxylic acids is 2. The van der Waals surface area contributed by atoms with Crippen molar-refractivity contribution in [3.8, 4) is 0 Å². The van der Waals surface area contributed by atoms with E-state index in [0.29, 0.717) is 0 Å². The standard InChI is InChI=1S/C20H10O2S2/c21-17-13-11-3-1-9-5-7-23-19(9)15(11)14(18(17)22)12-4-2-10-6-8-24-20(10)16(12)13/h1-8,13-14H. The first-order valence-electron chi connectivity index (χ1n) is 7.84. The Morgan fingerprint density at radius 3 is 1.54 bits per heavy atom. The molecule has 0 saturated heterocycles. The Hall–Kier alpha value is -2.30. The third kappa shape index (κ3) is 1.34. The van der Waals surface area contributed by atoms with Crippen molar-refractivity contribution in [1.29, 1.82) is 0 Å². The van der Waals surface area contributed by atoms with E-state index < -0.39 is 11.8 Å². The van der Waals surface area contributed by atoms with Crippen LogP contribution in [0, 0.1) is 0 Å². The van der Waals surface area contributed by atoms with Crippen molar-refractivity contribution in [3.05, 3.63) is 69.4 Å². The van der Waals surface area contributed by atoms with Gasteiger partial charge in [0.1, 0.15) is 0 Å². The maximum Gasteiger partial charge on any atom is 0.211 e. The fourth-order valence-electron chi connectivity index (χ4n) is 4.38. The van der Waals surface area contributed by atoms with Gasteiger partial charge in [-0.1, -0.05) is 24.3 Å². The Morgan fingerprint density at radius 2 is 1.08 bits per heavy atom. The molecule has 114 valence electrons. The van der Waals surface area contributed by atoms with Gasteiger partial charge < -0.3 is 0 Å². The van der Waals surface area contributed by atoms with E-state index in [0.717, 1.165) is 42.4 Å². The number of carbonyl (C=O) groups is 2. The molecule has 0 radical (unpaired) electrons. The van der Waals surface area contributed by atoms with Gasteiger partial charge in [0.05, 0.1) is 11.8 Å². The minimum Gasteiger partial charge on any atom is -0.290 e. The van der Waals surface area contributed by atoms with Gasteiger partial charge >= 0.3 is 0 Å². The molecule has 2 atom stereocenters. The Morgan fingerprint density at radius 1 is 0.625 bits per heavy atom. The highest BCUT2D eigenvalue weighted by atomic mass is 32.1. The van der Waals surface area contributed by atoms with E-state index in [-0.39, 0.29) is 11.6 Å². The van der Waals surface area contributed by atoms with Gasteiger partial charge in [-0.05, 0) is 55.9 Å². The summed E-state index contributed by atoms with van der Waals surface area (Å²) in [5.74, 6) is -1.34. The van der Waals surface area contributed by atoms with Crippen LogP contribution in [-0.2, 0) is 9.59 Å². The molecule has 2 bridgehead atoms. The predicted octanol–water partition coefficient (Wildman–Crippen LogP) is 4.85. The van der Waals surface area contributed by atoms with Gasteiger partial charge in [0, 0.05) is 9.40 Å². The summed E-state index contributed by atoms with van der Waals surface area (Å²) < 4.78 is 2.31. The van der Waals surface area contributed by atoms with Gasteiger partial charge in [0.25, 0.3) is 0 Å². The Balaban J connectivity index is 1.82. The second-order valence-electron chi connectivity index (χ2n) is 6.41. The molecule has 2 nitrogen and oxygen atoms in total. The first-order chi connectivity index (χ1) is 11.8. The van der Waals surface area contributed by atoms with Crippen LogP contribution < -0.4 is 0 Å².